The summed E-state index contributed by atoms with van der Waals surface area (Å²) in [6.45, 7) is 2.17. The molecule has 4 rings (SSSR count). The van der Waals surface area contributed by atoms with Crippen LogP contribution < -0.4 is 10.2 Å². The molecule has 2 aromatic heterocycles. The Morgan fingerprint density at radius 2 is 1.92 bits per heavy atom. The van der Waals surface area contributed by atoms with E-state index in [1.807, 2.05) is 24.3 Å². The lowest BCUT2D eigenvalue weighted by Gasteiger charge is -2.29. The zero-order valence-electron chi connectivity index (χ0n) is 14.4. The Hall–Kier alpha value is -3.21. The Bertz CT molecular complexity index is 911. The van der Waals surface area contributed by atoms with Crippen LogP contribution in [0.5, 0.6) is 0 Å². The Morgan fingerprint density at radius 3 is 2.77 bits per heavy atom. The zero-order chi connectivity index (χ0) is 17.8. The van der Waals surface area contributed by atoms with Gasteiger partial charge in [0.15, 0.2) is 0 Å². The molecule has 1 amide bonds. The van der Waals surface area contributed by atoms with Gasteiger partial charge in [0.25, 0.3) is 5.91 Å². The van der Waals surface area contributed by atoms with Crippen LogP contribution in [0.3, 0.4) is 0 Å². The normalized spacial score (nSPS) is 13.2. The summed E-state index contributed by atoms with van der Waals surface area (Å²) in [6.07, 6.45) is 4.46. The first-order valence-electron chi connectivity index (χ1n) is 8.75. The third-order valence-corrected chi connectivity index (χ3v) is 4.60. The van der Waals surface area contributed by atoms with E-state index >= 15 is 0 Å². The Labute approximate surface area is 152 Å². The molecule has 5 nitrogen and oxygen atoms in total. The number of hydrogen-bond acceptors (Lipinski definition) is 4. The molecule has 0 radical (unpaired) electrons. The highest BCUT2D eigenvalue weighted by Crippen LogP contribution is 2.23. The van der Waals surface area contributed by atoms with Crippen molar-refractivity contribution >= 4 is 11.7 Å². The summed E-state index contributed by atoms with van der Waals surface area (Å²) < 4.78 is 0. The van der Waals surface area contributed by atoms with Crippen LogP contribution in [0.15, 0.2) is 67.0 Å². The molecule has 5 heteroatoms. The van der Waals surface area contributed by atoms with Gasteiger partial charge >= 0.3 is 0 Å². The van der Waals surface area contributed by atoms with Crippen molar-refractivity contribution in [3.05, 3.63) is 89.4 Å². The number of nitrogens with zero attached hydrogens (tertiary/aromatic N) is 3. The molecule has 3 heterocycles. The van der Waals surface area contributed by atoms with Crippen molar-refractivity contribution in [2.75, 3.05) is 11.4 Å². The summed E-state index contributed by atoms with van der Waals surface area (Å²) in [7, 11) is 0. The van der Waals surface area contributed by atoms with Gasteiger partial charge in [0.05, 0.1) is 0 Å². The van der Waals surface area contributed by atoms with E-state index in [2.05, 4.69) is 44.5 Å². The second-order valence-electron chi connectivity index (χ2n) is 6.37. The van der Waals surface area contributed by atoms with E-state index < -0.39 is 0 Å². The van der Waals surface area contributed by atoms with Gasteiger partial charge in [0, 0.05) is 32.0 Å². The number of anilines is 1. The molecule has 1 aliphatic heterocycles. The Balaban J connectivity index is 1.46. The minimum Gasteiger partial charge on any atom is -0.352 e. The minimum atomic E-state index is -0.173. The van der Waals surface area contributed by atoms with Gasteiger partial charge in [0.1, 0.15) is 11.5 Å². The van der Waals surface area contributed by atoms with Gasteiger partial charge in [-0.15, -0.1) is 0 Å². The van der Waals surface area contributed by atoms with Gasteiger partial charge in [-0.25, -0.2) is 4.98 Å². The highest BCUT2D eigenvalue weighted by molar-refractivity contribution is 5.92. The number of rotatable bonds is 4. The average Bonchev–Trinajstić information content (AvgIpc) is 2.72. The first-order valence-corrected chi connectivity index (χ1v) is 8.75. The molecule has 1 aromatic carbocycles. The molecule has 0 saturated heterocycles. The second-order valence-corrected chi connectivity index (χ2v) is 6.37. The molecule has 26 heavy (non-hydrogen) atoms. The molecule has 3 aromatic rings. The Kier molecular flexibility index (Phi) is 4.60. The van der Waals surface area contributed by atoms with Crippen LogP contribution in [0.2, 0.25) is 0 Å². The largest absolute Gasteiger partial charge is 0.352 e. The molecule has 1 aliphatic rings. The van der Waals surface area contributed by atoms with Gasteiger partial charge in [-0.1, -0.05) is 36.4 Å². The quantitative estimate of drug-likeness (QED) is 0.790. The zero-order valence-corrected chi connectivity index (χ0v) is 14.4. The lowest BCUT2D eigenvalue weighted by Crippen LogP contribution is -2.31. The van der Waals surface area contributed by atoms with Crippen LogP contribution in [0.4, 0.5) is 5.82 Å². The van der Waals surface area contributed by atoms with Crippen LogP contribution >= 0.6 is 0 Å². The second kappa shape index (κ2) is 7.35. The van der Waals surface area contributed by atoms with Crippen molar-refractivity contribution in [3.8, 4) is 0 Å². The first kappa shape index (κ1) is 16.3. The van der Waals surface area contributed by atoms with Crippen LogP contribution in [-0.2, 0) is 19.5 Å². The number of aromatic nitrogens is 2. The van der Waals surface area contributed by atoms with E-state index in [1.165, 1.54) is 11.1 Å². The monoisotopic (exact) mass is 344 g/mol. The minimum absolute atomic E-state index is 0.173. The molecule has 0 unspecified atom stereocenters. The third kappa shape index (κ3) is 3.57. The molecule has 0 spiro atoms. The number of carbonyl (C=O) groups excluding carboxylic acids is 1. The third-order valence-electron chi connectivity index (χ3n) is 4.60. The van der Waals surface area contributed by atoms with Gasteiger partial charge in [0.2, 0.25) is 0 Å². The SMILES string of the molecule is O=C(NCc1cccnc1)c1cccc(N2CCc3ccccc3C2)n1. The summed E-state index contributed by atoms with van der Waals surface area (Å²) >= 11 is 0. The van der Waals surface area contributed by atoms with Crippen molar-refractivity contribution < 1.29 is 4.79 Å². The van der Waals surface area contributed by atoms with Crippen LogP contribution in [0, 0.1) is 0 Å². The summed E-state index contributed by atoms with van der Waals surface area (Å²) in [4.78, 5) is 23.3. The maximum absolute atomic E-state index is 12.4. The fraction of sp³-hybridized carbons (Fsp3) is 0.190. The van der Waals surface area contributed by atoms with Gasteiger partial charge < -0.3 is 10.2 Å². The predicted molar refractivity (Wildman–Crippen MR) is 101 cm³/mol. The first-order chi connectivity index (χ1) is 12.8. The number of hydrogen-bond donors (Lipinski definition) is 1. The van der Waals surface area contributed by atoms with E-state index in [-0.39, 0.29) is 5.91 Å². The molecule has 130 valence electrons. The van der Waals surface area contributed by atoms with Crippen molar-refractivity contribution in [1.29, 1.82) is 0 Å². The highest BCUT2D eigenvalue weighted by Gasteiger charge is 2.18. The summed E-state index contributed by atoms with van der Waals surface area (Å²) in [5.41, 5.74) is 4.12. The molecule has 0 aliphatic carbocycles. The predicted octanol–water partition coefficient (Wildman–Crippen LogP) is 2.97. The molecule has 0 atom stereocenters. The van der Waals surface area contributed by atoms with E-state index in [4.69, 9.17) is 0 Å². The number of carbonyl (C=O) groups is 1. The van der Waals surface area contributed by atoms with Crippen LogP contribution in [0.25, 0.3) is 0 Å². The van der Waals surface area contributed by atoms with Crippen LogP contribution in [0.1, 0.15) is 27.2 Å². The van der Waals surface area contributed by atoms with Gasteiger partial charge in [-0.3, -0.25) is 9.78 Å². The van der Waals surface area contributed by atoms with E-state index in [9.17, 15) is 4.79 Å². The summed E-state index contributed by atoms with van der Waals surface area (Å²) in [5, 5.41) is 2.90. The molecule has 1 N–H and O–H groups in total. The number of benzene rings is 1. The van der Waals surface area contributed by atoms with Crippen molar-refractivity contribution in [2.45, 2.75) is 19.5 Å². The molecule has 0 bridgehead atoms. The lowest BCUT2D eigenvalue weighted by atomic mass is 10.00. The van der Waals surface area contributed by atoms with Crippen molar-refractivity contribution in [3.63, 3.8) is 0 Å². The molecular formula is C21H20N4O. The maximum atomic E-state index is 12.4. The fourth-order valence-corrected chi connectivity index (χ4v) is 3.19. The van der Waals surface area contributed by atoms with E-state index in [1.54, 1.807) is 18.5 Å². The van der Waals surface area contributed by atoms with E-state index in [0.29, 0.717) is 12.2 Å². The molecular weight excluding hydrogens is 324 g/mol. The van der Waals surface area contributed by atoms with Crippen LogP contribution in [-0.4, -0.2) is 22.4 Å². The lowest BCUT2D eigenvalue weighted by molar-refractivity contribution is 0.0946. The molecule has 0 saturated carbocycles. The smallest absolute Gasteiger partial charge is 0.270 e. The highest BCUT2D eigenvalue weighted by atomic mass is 16.1. The Morgan fingerprint density at radius 1 is 1.04 bits per heavy atom. The summed E-state index contributed by atoms with van der Waals surface area (Å²) in [5.74, 6) is 0.668. The molecule has 0 fully saturated rings. The topological polar surface area (TPSA) is 58.1 Å². The van der Waals surface area contributed by atoms with E-state index in [0.717, 1.165) is 30.9 Å². The number of amides is 1. The van der Waals surface area contributed by atoms with Gasteiger partial charge in [-0.05, 0) is 41.3 Å². The maximum Gasteiger partial charge on any atom is 0.270 e. The average molecular weight is 344 g/mol. The number of nitrogens with one attached hydrogen (secondary N) is 1. The fourth-order valence-electron chi connectivity index (χ4n) is 3.19. The summed E-state index contributed by atoms with van der Waals surface area (Å²) in [6, 6.07) is 17.9. The standard InChI is InChI=1S/C21H20N4O/c26-21(23-14-16-5-4-11-22-13-16)19-8-3-9-20(24-19)25-12-10-17-6-1-2-7-18(17)15-25/h1-9,11,13H,10,12,14-15H2,(H,23,26). The van der Waals surface area contributed by atoms with Gasteiger partial charge in [-0.2, -0.15) is 0 Å². The van der Waals surface area contributed by atoms with Crippen molar-refractivity contribution in [1.82, 2.24) is 15.3 Å². The number of pyridine rings is 2. The van der Waals surface area contributed by atoms with Crippen molar-refractivity contribution in [2.24, 2.45) is 0 Å². The number of fused-ring (bicyclic) bond motifs is 1.